The third kappa shape index (κ3) is 5.68. The number of methoxy groups -OCH3 is 1. The Kier molecular flexibility index (Phi) is 7.21. The van der Waals surface area contributed by atoms with Gasteiger partial charge in [-0.25, -0.2) is 0 Å². The number of amides is 2. The Balaban J connectivity index is 1.44. The van der Waals surface area contributed by atoms with Gasteiger partial charge < -0.3 is 20.1 Å². The molecule has 0 unspecified atom stereocenters. The van der Waals surface area contributed by atoms with Crippen LogP contribution in [-0.2, 0) is 22.4 Å². The summed E-state index contributed by atoms with van der Waals surface area (Å²) in [7, 11) is 1.37. The van der Waals surface area contributed by atoms with E-state index in [2.05, 4.69) is 15.4 Å². The lowest BCUT2D eigenvalue weighted by molar-refractivity contribution is -0.122. The molecule has 0 aromatic heterocycles. The highest BCUT2D eigenvalue weighted by molar-refractivity contribution is 5.96. The second kappa shape index (κ2) is 10.0. The maximum Gasteiger partial charge on any atom is 0.387 e. The van der Waals surface area contributed by atoms with Gasteiger partial charge in [-0.05, 0) is 48.6 Å². The lowest BCUT2D eigenvalue weighted by atomic mass is 9.89. The Morgan fingerprint density at radius 3 is 2.80 bits per heavy atom. The van der Waals surface area contributed by atoms with Crippen LogP contribution in [0.2, 0.25) is 0 Å². The van der Waals surface area contributed by atoms with Crippen molar-refractivity contribution < 1.29 is 27.8 Å². The van der Waals surface area contributed by atoms with Crippen molar-refractivity contribution in [1.29, 1.82) is 0 Å². The molecular formula is C22H24F2N2O4. The summed E-state index contributed by atoms with van der Waals surface area (Å²) in [5.41, 5.74) is 2.73. The second-order valence-electron chi connectivity index (χ2n) is 7.05. The number of carbonyl (C=O) groups excluding carboxylic acids is 2. The van der Waals surface area contributed by atoms with Crippen LogP contribution in [0.4, 0.5) is 14.5 Å². The first kappa shape index (κ1) is 21.5. The van der Waals surface area contributed by atoms with Crippen molar-refractivity contribution in [2.24, 2.45) is 5.92 Å². The van der Waals surface area contributed by atoms with E-state index >= 15 is 0 Å². The highest BCUT2D eigenvalue weighted by Crippen LogP contribution is 2.30. The average Bonchev–Trinajstić information content (AvgIpc) is 2.72. The Morgan fingerprint density at radius 2 is 2.03 bits per heavy atom. The number of hydrogen-bond acceptors (Lipinski definition) is 4. The zero-order valence-electron chi connectivity index (χ0n) is 16.6. The van der Waals surface area contributed by atoms with Crippen LogP contribution in [0, 0.1) is 5.92 Å². The van der Waals surface area contributed by atoms with Crippen molar-refractivity contribution in [1.82, 2.24) is 5.32 Å². The maximum atomic E-state index is 12.4. The largest absolute Gasteiger partial charge is 0.493 e. The van der Waals surface area contributed by atoms with E-state index in [-0.39, 0.29) is 35.7 Å². The molecule has 3 rings (SSSR count). The van der Waals surface area contributed by atoms with Crippen molar-refractivity contribution in [2.75, 3.05) is 19.0 Å². The van der Waals surface area contributed by atoms with Crippen LogP contribution in [0.25, 0.3) is 0 Å². The summed E-state index contributed by atoms with van der Waals surface area (Å²) in [4.78, 5) is 24.4. The van der Waals surface area contributed by atoms with E-state index in [9.17, 15) is 18.4 Å². The number of ether oxygens (including phenoxy) is 2. The van der Waals surface area contributed by atoms with Gasteiger partial charge in [0.1, 0.15) is 0 Å². The number of rotatable bonds is 9. The topological polar surface area (TPSA) is 76.7 Å². The molecule has 0 bridgehead atoms. The lowest BCUT2D eigenvalue weighted by Crippen LogP contribution is -2.32. The molecule has 1 aliphatic rings. The number of alkyl halides is 2. The molecule has 0 aliphatic carbocycles. The Bertz CT molecular complexity index is 904. The first-order valence-corrected chi connectivity index (χ1v) is 9.73. The summed E-state index contributed by atoms with van der Waals surface area (Å²) >= 11 is 0. The van der Waals surface area contributed by atoms with E-state index in [4.69, 9.17) is 4.74 Å². The van der Waals surface area contributed by atoms with Crippen LogP contribution < -0.4 is 20.1 Å². The predicted molar refractivity (Wildman–Crippen MR) is 108 cm³/mol. The van der Waals surface area contributed by atoms with Gasteiger partial charge in [-0.15, -0.1) is 0 Å². The minimum Gasteiger partial charge on any atom is -0.493 e. The van der Waals surface area contributed by atoms with Gasteiger partial charge in [0.2, 0.25) is 11.8 Å². The zero-order valence-corrected chi connectivity index (χ0v) is 16.6. The number of carbonyl (C=O) groups is 2. The number of hydrogen-bond donors (Lipinski definition) is 2. The second-order valence-corrected chi connectivity index (χ2v) is 7.05. The molecule has 0 saturated heterocycles. The standard InChI is InChI=1S/C22H24F2N2O4/c1-29-19-12-14(6-8-18(19)30-22(23)24)10-11-25-20(27)9-7-16-13-15-4-2-3-5-17(15)26-21(16)28/h2-6,8,12,16,22H,7,9-11,13H2,1H3,(H,25,27)(H,26,28)/t16-/m1/s1. The maximum absolute atomic E-state index is 12.4. The number of fused-ring (bicyclic) bond motifs is 1. The van der Waals surface area contributed by atoms with Crippen molar-refractivity contribution in [3.63, 3.8) is 0 Å². The van der Waals surface area contributed by atoms with Gasteiger partial charge in [-0.2, -0.15) is 8.78 Å². The summed E-state index contributed by atoms with van der Waals surface area (Å²) in [6, 6.07) is 12.3. The first-order valence-electron chi connectivity index (χ1n) is 9.73. The molecule has 2 amide bonds. The van der Waals surface area contributed by atoms with Crippen molar-refractivity contribution >= 4 is 17.5 Å². The predicted octanol–water partition coefficient (Wildman–Crippen LogP) is 3.55. The Hall–Kier alpha value is -3.16. The van der Waals surface area contributed by atoms with Crippen molar-refractivity contribution in [3.05, 3.63) is 53.6 Å². The molecule has 1 atom stereocenters. The fourth-order valence-electron chi connectivity index (χ4n) is 3.45. The fraction of sp³-hybridized carbons (Fsp3) is 0.364. The smallest absolute Gasteiger partial charge is 0.387 e. The van der Waals surface area contributed by atoms with Crippen LogP contribution in [0.3, 0.4) is 0 Å². The van der Waals surface area contributed by atoms with E-state index in [1.807, 2.05) is 24.3 Å². The van der Waals surface area contributed by atoms with Gasteiger partial charge in [0, 0.05) is 24.6 Å². The molecule has 1 heterocycles. The molecule has 2 aromatic rings. The summed E-state index contributed by atoms with van der Waals surface area (Å²) in [5.74, 6) is -0.237. The van der Waals surface area contributed by atoms with Crippen LogP contribution in [0.15, 0.2) is 42.5 Å². The first-order chi connectivity index (χ1) is 14.5. The average molecular weight is 418 g/mol. The molecule has 8 heteroatoms. The number of nitrogens with one attached hydrogen (secondary N) is 2. The van der Waals surface area contributed by atoms with E-state index < -0.39 is 6.61 Å². The number of benzene rings is 2. The molecule has 6 nitrogen and oxygen atoms in total. The monoisotopic (exact) mass is 418 g/mol. The Labute approximate surface area is 173 Å². The van der Waals surface area contributed by atoms with Gasteiger partial charge in [0.05, 0.1) is 7.11 Å². The van der Waals surface area contributed by atoms with Gasteiger partial charge in [-0.1, -0.05) is 24.3 Å². The minimum absolute atomic E-state index is 0.0346. The van der Waals surface area contributed by atoms with E-state index in [1.165, 1.54) is 13.2 Å². The molecule has 2 N–H and O–H groups in total. The number of para-hydroxylation sites is 1. The normalized spacial score (nSPS) is 15.3. The molecule has 30 heavy (non-hydrogen) atoms. The van der Waals surface area contributed by atoms with Crippen LogP contribution >= 0.6 is 0 Å². The molecule has 0 spiro atoms. The number of halogens is 2. The zero-order chi connectivity index (χ0) is 21.5. The van der Waals surface area contributed by atoms with Crippen LogP contribution in [0.5, 0.6) is 11.5 Å². The highest BCUT2D eigenvalue weighted by Gasteiger charge is 2.26. The minimum atomic E-state index is -2.93. The van der Waals surface area contributed by atoms with Gasteiger partial charge >= 0.3 is 6.61 Å². The SMILES string of the molecule is COc1cc(CCNC(=O)CC[C@@H]2Cc3ccccc3NC2=O)ccc1OC(F)F. The van der Waals surface area contributed by atoms with Crippen LogP contribution in [-0.4, -0.2) is 32.1 Å². The summed E-state index contributed by atoms with van der Waals surface area (Å²) in [6.45, 7) is -2.54. The van der Waals surface area contributed by atoms with Crippen LogP contribution in [0.1, 0.15) is 24.0 Å². The molecule has 0 saturated carbocycles. The summed E-state index contributed by atoms with van der Waals surface area (Å²) < 4.78 is 34.2. The van der Waals surface area contributed by atoms with Crippen molar-refractivity contribution in [2.45, 2.75) is 32.3 Å². The molecular weight excluding hydrogens is 394 g/mol. The molecule has 0 fully saturated rings. The van der Waals surface area contributed by atoms with E-state index in [0.717, 1.165) is 16.8 Å². The van der Waals surface area contributed by atoms with Gasteiger partial charge in [0.25, 0.3) is 0 Å². The van der Waals surface area contributed by atoms with Gasteiger partial charge in [0.15, 0.2) is 11.5 Å². The summed E-state index contributed by atoms with van der Waals surface area (Å²) in [6.07, 6.45) is 1.86. The fourth-order valence-corrected chi connectivity index (χ4v) is 3.45. The molecule has 1 aliphatic heterocycles. The van der Waals surface area contributed by atoms with Gasteiger partial charge in [-0.3, -0.25) is 9.59 Å². The van der Waals surface area contributed by atoms with E-state index in [1.54, 1.807) is 12.1 Å². The van der Waals surface area contributed by atoms with E-state index in [0.29, 0.717) is 25.8 Å². The highest BCUT2D eigenvalue weighted by atomic mass is 19.3. The van der Waals surface area contributed by atoms with Crippen molar-refractivity contribution in [3.8, 4) is 11.5 Å². The summed E-state index contributed by atoms with van der Waals surface area (Å²) in [5, 5.41) is 5.71. The number of anilines is 1. The molecule has 160 valence electrons. The Morgan fingerprint density at radius 1 is 1.23 bits per heavy atom. The third-order valence-electron chi connectivity index (χ3n) is 5.01. The lowest BCUT2D eigenvalue weighted by Gasteiger charge is -2.24. The third-order valence-corrected chi connectivity index (χ3v) is 5.01. The molecule has 2 aromatic carbocycles. The quantitative estimate of drug-likeness (QED) is 0.653. The molecule has 0 radical (unpaired) electrons.